The van der Waals surface area contributed by atoms with Crippen molar-refractivity contribution < 1.29 is 9.59 Å². The van der Waals surface area contributed by atoms with E-state index in [0.29, 0.717) is 11.6 Å². The summed E-state index contributed by atoms with van der Waals surface area (Å²) in [6.07, 6.45) is 7.25. The molecule has 1 aromatic rings. The van der Waals surface area contributed by atoms with Gasteiger partial charge in [0.1, 0.15) is 11.9 Å². The van der Waals surface area contributed by atoms with Crippen LogP contribution >= 0.6 is 23.2 Å². The maximum absolute atomic E-state index is 13.1. The highest BCUT2D eigenvalue weighted by Crippen LogP contribution is 2.26. The lowest BCUT2D eigenvalue weighted by molar-refractivity contribution is -0.139. The second-order valence-corrected chi connectivity index (χ2v) is 7.58. The van der Waals surface area contributed by atoms with Crippen LogP contribution in [-0.2, 0) is 9.59 Å². The average molecular weight is 399 g/mol. The van der Waals surface area contributed by atoms with E-state index in [0.717, 1.165) is 44.1 Å². The van der Waals surface area contributed by atoms with Gasteiger partial charge in [-0.15, -0.1) is 11.6 Å². The Hall–Kier alpha value is -1.26. The highest BCUT2D eigenvalue weighted by Gasteiger charge is 2.32. The van der Waals surface area contributed by atoms with Gasteiger partial charge >= 0.3 is 0 Å². The van der Waals surface area contributed by atoms with E-state index in [4.69, 9.17) is 23.2 Å². The standard InChI is InChI=1S/C20H28Cl2N2O2/c1-2-3-13-24(18(25)14-21)19(15-9-11-16(22)12-10-15)20(26)23-17-7-5-4-6-8-17/h9-12,17,19H,2-8,13-14H2,1H3,(H,23,26). The van der Waals surface area contributed by atoms with Crippen molar-refractivity contribution >= 4 is 35.0 Å². The van der Waals surface area contributed by atoms with Crippen LogP contribution in [0.4, 0.5) is 0 Å². The zero-order valence-corrected chi connectivity index (χ0v) is 16.9. The number of nitrogens with one attached hydrogen (secondary N) is 1. The molecule has 1 N–H and O–H groups in total. The Morgan fingerprint density at radius 1 is 1.19 bits per heavy atom. The average Bonchev–Trinajstić information content (AvgIpc) is 2.66. The minimum absolute atomic E-state index is 0.131. The summed E-state index contributed by atoms with van der Waals surface area (Å²) in [6, 6.07) is 6.64. The van der Waals surface area contributed by atoms with Gasteiger partial charge in [0.25, 0.3) is 0 Å². The molecule has 1 aliphatic rings. The number of rotatable bonds is 8. The van der Waals surface area contributed by atoms with Crippen molar-refractivity contribution in [1.29, 1.82) is 0 Å². The molecule has 0 aliphatic heterocycles. The molecule has 0 bridgehead atoms. The Balaban J connectivity index is 2.27. The van der Waals surface area contributed by atoms with Gasteiger partial charge in [-0.2, -0.15) is 0 Å². The molecule has 0 saturated heterocycles. The van der Waals surface area contributed by atoms with E-state index in [-0.39, 0.29) is 23.7 Å². The molecule has 144 valence electrons. The van der Waals surface area contributed by atoms with Crippen molar-refractivity contribution in [3.63, 3.8) is 0 Å². The van der Waals surface area contributed by atoms with E-state index in [1.807, 2.05) is 12.1 Å². The van der Waals surface area contributed by atoms with Crippen molar-refractivity contribution in [3.8, 4) is 0 Å². The molecule has 0 aromatic heterocycles. The van der Waals surface area contributed by atoms with Crippen LogP contribution < -0.4 is 5.32 Å². The van der Waals surface area contributed by atoms with E-state index in [1.165, 1.54) is 6.42 Å². The van der Waals surface area contributed by atoms with Crippen LogP contribution in [-0.4, -0.2) is 35.2 Å². The number of hydrogen-bond donors (Lipinski definition) is 1. The summed E-state index contributed by atoms with van der Waals surface area (Å²) in [5.41, 5.74) is 0.761. The fourth-order valence-electron chi connectivity index (χ4n) is 3.45. The van der Waals surface area contributed by atoms with E-state index in [9.17, 15) is 9.59 Å². The van der Waals surface area contributed by atoms with Gasteiger partial charge in [-0.3, -0.25) is 9.59 Å². The van der Waals surface area contributed by atoms with Crippen LogP contribution in [0, 0.1) is 0 Å². The van der Waals surface area contributed by atoms with Crippen LogP contribution in [0.3, 0.4) is 0 Å². The first kappa shape index (κ1) is 21.0. The van der Waals surface area contributed by atoms with E-state index in [2.05, 4.69) is 12.2 Å². The van der Waals surface area contributed by atoms with Gasteiger partial charge in [-0.1, -0.05) is 56.3 Å². The highest BCUT2D eigenvalue weighted by atomic mass is 35.5. The van der Waals surface area contributed by atoms with Gasteiger partial charge in [0.15, 0.2) is 0 Å². The van der Waals surface area contributed by atoms with Gasteiger partial charge in [0.2, 0.25) is 11.8 Å². The summed E-state index contributed by atoms with van der Waals surface area (Å²) >= 11 is 11.8. The number of benzene rings is 1. The Bertz CT molecular complexity index is 586. The molecule has 0 radical (unpaired) electrons. The van der Waals surface area contributed by atoms with E-state index in [1.54, 1.807) is 17.0 Å². The fraction of sp³-hybridized carbons (Fsp3) is 0.600. The Labute approximate surface area is 166 Å². The van der Waals surface area contributed by atoms with E-state index < -0.39 is 6.04 Å². The van der Waals surface area contributed by atoms with Crippen LogP contribution in [0.1, 0.15) is 63.5 Å². The third-order valence-corrected chi connectivity index (χ3v) is 5.37. The highest BCUT2D eigenvalue weighted by molar-refractivity contribution is 6.30. The van der Waals surface area contributed by atoms with E-state index >= 15 is 0 Å². The number of nitrogens with zero attached hydrogens (tertiary/aromatic N) is 1. The molecule has 1 atom stereocenters. The molecule has 1 unspecified atom stereocenters. The molecular formula is C20H28Cl2N2O2. The predicted octanol–water partition coefficient (Wildman–Crippen LogP) is 4.70. The largest absolute Gasteiger partial charge is 0.351 e. The molecule has 2 rings (SSSR count). The van der Waals surface area contributed by atoms with Gasteiger partial charge in [-0.05, 0) is 37.0 Å². The normalized spacial score (nSPS) is 16.1. The van der Waals surface area contributed by atoms with Crippen LogP contribution in [0.25, 0.3) is 0 Å². The summed E-state index contributed by atoms with van der Waals surface area (Å²) in [4.78, 5) is 27.2. The molecule has 1 aliphatic carbocycles. The van der Waals surface area contributed by atoms with Crippen molar-refractivity contribution in [2.75, 3.05) is 12.4 Å². The first-order valence-electron chi connectivity index (χ1n) is 9.48. The molecule has 1 saturated carbocycles. The molecule has 0 heterocycles. The van der Waals surface area contributed by atoms with Crippen molar-refractivity contribution in [2.45, 2.75) is 64.0 Å². The minimum atomic E-state index is -0.674. The second kappa shape index (κ2) is 10.8. The zero-order valence-electron chi connectivity index (χ0n) is 15.3. The smallest absolute Gasteiger partial charge is 0.247 e. The fourth-order valence-corrected chi connectivity index (χ4v) is 3.73. The lowest BCUT2D eigenvalue weighted by atomic mass is 9.94. The Morgan fingerprint density at radius 2 is 1.85 bits per heavy atom. The molecule has 2 amide bonds. The summed E-state index contributed by atoms with van der Waals surface area (Å²) in [5, 5.41) is 3.76. The van der Waals surface area contributed by atoms with Crippen molar-refractivity contribution in [2.24, 2.45) is 0 Å². The number of carbonyl (C=O) groups excluding carboxylic acids is 2. The molecule has 1 fully saturated rings. The molecule has 6 heteroatoms. The molecule has 1 aromatic carbocycles. The third-order valence-electron chi connectivity index (χ3n) is 4.88. The number of hydrogen-bond acceptors (Lipinski definition) is 2. The number of halogens is 2. The molecular weight excluding hydrogens is 371 g/mol. The van der Waals surface area contributed by atoms with Gasteiger partial charge in [-0.25, -0.2) is 0 Å². The third kappa shape index (κ3) is 5.88. The maximum Gasteiger partial charge on any atom is 0.247 e. The topological polar surface area (TPSA) is 49.4 Å². The lowest BCUT2D eigenvalue weighted by Gasteiger charge is -2.33. The second-order valence-electron chi connectivity index (χ2n) is 6.87. The Kier molecular flexibility index (Phi) is 8.73. The summed E-state index contributed by atoms with van der Waals surface area (Å²) < 4.78 is 0. The molecule has 0 spiro atoms. The van der Waals surface area contributed by atoms with Crippen molar-refractivity contribution in [3.05, 3.63) is 34.9 Å². The lowest BCUT2D eigenvalue weighted by Crippen LogP contribution is -2.47. The van der Waals surface area contributed by atoms with Crippen LogP contribution in [0.2, 0.25) is 5.02 Å². The van der Waals surface area contributed by atoms with Gasteiger partial charge in [0, 0.05) is 17.6 Å². The van der Waals surface area contributed by atoms with Crippen molar-refractivity contribution in [1.82, 2.24) is 10.2 Å². The summed E-state index contributed by atoms with van der Waals surface area (Å²) in [5.74, 6) is -0.488. The molecule has 4 nitrogen and oxygen atoms in total. The zero-order chi connectivity index (χ0) is 18.9. The number of alkyl halides is 1. The monoisotopic (exact) mass is 398 g/mol. The first-order valence-corrected chi connectivity index (χ1v) is 10.4. The van der Waals surface area contributed by atoms with Crippen LogP contribution in [0.5, 0.6) is 0 Å². The summed E-state index contributed by atoms with van der Waals surface area (Å²) in [6.45, 7) is 2.57. The SMILES string of the molecule is CCCCN(C(=O)CCl)C(C(=O)NC1CCCCC1)c1ccc(Cl)cc1. The number of amides is 2. The maximum atomic E-state index is 13.1. The van der Waals surface area contributed by atoms with Crippen LogP contribution in [0.15, 0.2) is 24.3 Å². The number of unbranched alkanes of at least 4 members (excludes halogenated alkanes) is 1. The minimum Gasteiger partial charge on any atom is -0.351 e. The Morgan fingerprint density at radius 3 is 2.42 bits per heavy atom. The molecule has 26 heavy (non-hydrogen) atoms. The first-order chi connectivity index (χ1) is 12.6. The van der Waals surface area contributed by atoms with Gasteiger partial charge < -0.3 is 10.2 Å². The number of carbonyl (C=O) groups is 2. The predicted molar refractivity (Wildman–Crippen MR) is 107 cm³/mol. The van der Waals surface area contributed by atoms with Gasteiger partial charge in [0.05, 0.1) is 0 Å². The quantitative estimate of drug-likeness (QED) is 0.645. The summed E-state index contributed by atoms with van der Waals surface area (Å²) in [7, 11) is 0.